The molecule has 5 atom stereocenters. The van der Waals surface area contributed by atoms with E-state index in [1.165, 1.54) is 11.1 Å². The van der Waals surface area contributed by atoms with E-state index in [0.29, 0.717) is 12.0 Å². The fraction of sp³-hybridized carbons (Fsp3) is 0.455. The maximum absolute atomic E-state index is 10.7. The highest BCUT2D eigenvalue weighted by Gasteiger charge is 2.58. The first-order valence-corrected chi connectivity index (χ1v) is 9.65. The summed E-state index contributed by atoms with van der Waals surface area (Å²) in [6.45, 7) is 1.85. The van der Waals surface area contributed by atoms with Crippen LogP contribution in [0.1, 0.15) is 34.7 Å². The summed E-state index contributed by atoms with van der Waals surface area (Å²) >= 11 is 0. The lowest BCUT2D eigenvalue weighted by Crippen LogP contribution is -2.63. The largest absolute Gasteiger partial charge is 0.394 e. The van der Waals surface area contributed by atoms with Gasteiger partial charge in [0.15, 0.2) is 0 Å². The first-order valence-electron chi connectivity index (χ1n) is 9.65. The maximum atomic E-state index is 10.7. The highest BCUT2D eigenvalue weighted by atomic mass is 16.7. The molecule has 1 saturated heterocycles. The number of fused-ring (bicyclic) bond motifs is 2. The molecule has 2 aromatic rings. The van der Waals surface area contributed by atoms with Crippen molar-refractivity contribution < 1.29 is 29.9 Å². The molecule has 2 aliphatic heterocycles. The van der Waals surface area contributed by atoms with Gasteiger partial charge in [0.2, 0.25) is 5.79 Å². The third kappa shape index (κ3) is 3.16. The van der Waals surface area contributed by atoms with Gasteiger partial charge in [-0.2, -0.15) is 0 Å². The molecule has 28 heavy (non-hydrogen) atoms. The predicted molar refractivity (Wildman–Crippen MR) is 102 cm³/mol. The number of aliphatic hydroxyl groups is 4. The van der Waals surface area contributed by atoms with E-state index in [1.807, 2.05) is 18.2 Å². The fourth-order valence-corrected chi connectivity index (χ4v) is 4.06. The van der Waals surface area contributed by atoms with E-state index >= 15 is 0 Å². The van der Waals surface area contributed by atoms with Crippen LogP contribution < -0.4 is 0 Å². The molecule has 1 unspecified atom stereocenters. The highest BCUT2D eigenvalue weighted by Crippen LogP contribution is 2.46. The summed E-state index contributed by atoms with van der Waals surface area (Å²) in [7, 11) is 0. The Morgan fingerprint density at radius 1 is 0.964 bits per heavy atom. The molecule has 6 heteroatoms. The molecule has 0 amide bonds. The van der Waals surface area contributed by atoms with Gasteiger partial charge in [-0.15, -0.1) is 0 Å². The van der Waals surface area contributed by atoms with Crippen molar-refractivity contribution in [3.63, 3.8) is 0 Å². The molecule has 4 N–H and O–H groups in total. The molecular weight excluding hydrogens is 360 g/mol. The Morgan fingerprint density at radius 3 is 2.32 bits per heavy atom. The fourth-order valence-electron chi connectivity index (χ4n) is 4.06. The lowest BCUT2D eigenvalue weighted by molar-refractivity contribution is -0.368. The van der Waals surface area contributed by atoms with Crippen LogP contribution in [0.4, 0.5) is 0 Å². The first-order chi connectivity index (χ1) is 13.5. The van der Waals surface area contributed by atoms with Crippen LogP contribution in [0.2, 0.25) is 0 Å². The standard InChI is InChI=1S/C22H26O6/c1-2-13-3-5-14(6-4-13)9-15-7-8-16-12-27-22(17(16)10-15)21(26)20(25)19(24)18(11-23)28-22/h3-8,10,18-21,23-26H,2,9,11-12H2,1H3/t18-,19-,20+,21-,22?/m1/s1. The Hall–Kier alpha value is -1.80. The van der Waals surface area contributed by atoms with Gasteiger partial charge in [-0.3, -0.25) is 0 Å². The SMILES string of the molecule is CCc1ccc(Cc2ccc3c(c2)C2(OC3)O[C@H](CO)[C@@H](O)[C@H](O)[C@H]2O)cc1. The second-order valence-corrected chi connectivity index (χ2v) is 7.56. The van der Waals surface area contributed by atoms with Gasteiger partial charge in [-0.25, -0.2) is 0 Å². The molecule has 2 aliphatic rings. The molecule has 0 aromatic heterocycles. The maximum Gasteiger partial charge on any atom is 0.225 e. The second kappa shape index (κ2) is 7.55. The average Bonchev–Trinajstić information content (AvgIpc) is 3.08. The minimum absolute atomic E-state index is 0.221. The van der Waals surface area contributed by atoms with Crippen molar-refractivity contribution in [1.82, 2.24) is 0 Å². The summed E-state index contributed by atoms with van der Waals surface area (Å²) in [5.74, 6) is -1.59. The van der Waals surface area contributed by atoms with Gasteiger partial charge < -0.3 is 29.9 Å². The highest BCUT2D eigenvalue weighted by molar-refractivity contribution is 5.41. The Balaban J connectivity index is 1.66. The van der Waals surface area contributed by atoms with Crippen molar-refractivity contribution in [1.29, 1.82) is 0 Å². The Morgan fingerprint density at radius 2 is 1.64 bits per heavy atom. The lowest BCUT2D eigenvalue weighted by Gasteiger charge is -2.46. The number of hydrogen-bond donors (Lipinski definition) is 4. The van der Waals surface area contributed by atoms with Crippen molar-refractivity contribution in [3.8, 4) is 0 Å². The zero-order chi connectivity index (χ0) is 19.9. The van der Waals surface area contributed by atoms with Crippen molar-refractivity contribution >= 4 is 0 Å². The summed E-state index contributed by atoms with van der Waals surface area (Å²) in [6.07, 6.45) is -3.69. The summed E-state index contributed by atoms with van der Waals surface area (Å²) in [5, 5.41) is 40.5. The van der Waals surface area contributed by atoms with Crippen molar-refractivity contribution in [2.24, 2.45) is 0 Å². The lowest BCUT2D eigenvalue weighted by atomic mass is 9.86. The Labute approximate surface area is 164 Å². The van der Waals surface area contributed by atoms with Crippen molar-refractivity contribution in [2.75, 3.05) is 6.61 Å². The number of aliphatic hydroxyl groups excluding tert-OH is 4. The van der Waals surface area contributed by atoms with Gasteiger partial charge in [0.25, 0.3) is 0 Å². The number of hydrogen-bond acceptors (Lipinski definition) is 6. The number of rotatable bonds is 4. The van der Waals surface area contributed by atoms with Gasteiger partial charge in [0.1, 0.15) is 24.4 Å². The van der Waals surface area contributed by atoms with Crippen LogP contribution in [-0.2, 0) is 34.7 Å². The van der Waals surface area contributed by atoms with Crippen molar-refractivity contribution in [3.05, 3.63) is 70.3 Å². The molecule has 0 saturated carbocycles. The van der Waals surface area contributed by atoms with Gasteiger partial charge in [0.05, 0.1) is 13.2 Å². The van der Waals surface area contributed by atoms with Crippen LogP contribution in [0.5, 0.6) is 0 Å². The molecule has 0 radical (unpaired) electrons. The summed E-state index contributed by atoms with van der Waals surface area (Å²) in [5.41, 5.74) is 4.95. The molecule has 1 fully saturated rings. The van der Waals surface area contributed by atoms with E-state index in [0.717, 1.165) is 17.5 Å². The van der Waals surface area contributed by atoms with E-state index in [-0.39, 0.29) is 6.61 Å². The molecular formula is C22H26O6. The monoisotopic (exact) mass is 386 g/mol. The second-order valence-electron chi connectivity index (χ2n) is 7.56. The number of aryl methyl sites for hydroxylation is 1. The van der Waals surface area contributed by atoms with E-state index in [1.54, 1.807) is 0 Å². The topological polar surface area (TPSA) is 99.4 Å². The third-order valence-corrected chi connectivity index (χ3v) is 5.78. The van der Waals surface area contributed by atoms with Gasteiger partial charge >= 0.3 is 0 Å². The van der Waals surface area contributed by atoms with Crippen LogP contribution in [-0.4, -0.2) is 51.4 Å². The molecule has 2 heterocycles. The molecule has 150 valence electrons. The first kappa shape index (κ1) is 19.5. The van der Waals surface area contributed by atoms with Crippen LogP contribution in [0.15, 0.2) is 42.5 Å². The number of ether oxygens (including phenoxy) is 2. The minimum Gasteiger partial charge on any atom is -0.394 e. The average molecular weight is 386 g/mol. The molecule has 1 spiro atoms. The Bertz CT molecular complexity index is 833. The van der Waals surface area contributed by atoms with E-state index < -0.39 is 36.8 Å². The van der Waals surface area contributed by atoms with Crippen LogP contribution >= 0.6 is 0 Å². The van der Waals surface area contributed by atoms with Crippen LogP contribution in [0, 0.1) is 0 Å². The smallest absolute Gasteiger partial charge is 0.225 e. The molecule has 2 aromatic carbocycles. The normalized spacial score (nSPS) is 31.9. The van der Waals surface area contributed by atoms with E-state index in [4.69, 9.17) is 9.47 Å². The number of benzene rings is 2. The van der Waals surface area contributed by atoms with E-state index in [9.17, 15) is 20.4 Å². The zero-order valence-electron chi connectivity index (χ0n) is 15.8. The zero-order valence-corrected chi connectivity index (χ0v) is 15.8. The van der Waals surface area contributed by atoms with Crippen LogP contribution in [0.3, 0.4) is 0 Å². The quantitative estimate of drug-likeness (QED) is 0.626. The minimum atomic E-state index is -1.59. The van der Waals surface area contributed by atoms with Crippen LogP contribution in [0.25, 0.3) is 0 Å². The summed E-state index contributed by atoms with van der Waals surface area (Å²) in [4.78, 5) is 0. The molecule has 0 bridgehead atoms. The molecule has 6 nitrogen and oxygen atoms in total. The summed E-state index contributed by atoms with van der Waals surface area (Å²) < 4.78 is 11.6. The van der Waals surface area contributed by atoms with Gasteiger partial charge in [-0.05, 0) is 41.2 Å². The third-order valence-electron chi connectivity index (χ3n) is 5.78. The molecule has 0 aliphatic carbocycles. The van der Waals surface area contributed by atoms with E-state index in [2.05, 4.69) is 31.2 Å². The Kier molecular flexibility index (Phi) is 5.26. The predicted octanol–water partition coefficient (Wildman–Crippen LogP) is 0.997. The molecule has 4 rings (SSSR count). The van der Waals surface area contributed by atoms with Crippen molar-refractivity contribution in [2.45, 2.75) is 56.6 Å². The summed E-state index contributed by atoms with van der Waals surface area (Å²) in [6, 6.07) is 14.3. The van der Waals surface area contributed by atoms with Gasteiger partial charge in [0, 0.05) is 5.56 Å². The van der Waals surface area contributed by atoms with Gasteiger partial charge in [-0.1, -0.05) is 43.3 Å².